The molecule has 3 heterocycles. The number of nitrogens with one attached hydrogen (secondary N) is 3. The van der Waals surface area contributed by atoms with E-state index < -0.39 is 0 Å². The fourth-order valence-electron chi connectivity index (χ4n) is 5.71. The van der Waals surface area contributed by atoms with E-state index in [9.17, 15) is 14.4 Å². The van der Waals surface area contributed by atoms with Gasteiger partial charge >= 0.3 is 0 Å². The zero-order chi connectivity index (χ0) is 29.9. The Morgan fingerprint density at radius 2 is 1.74 bits per heavy atom. The highest BCUT2D eigenvalue weighted by molar-refractivity contribution is 6.32. The van der Waals surface area contributed by atoms with Crippen LogP contribution >= 0.6 is 0 Å². The molecule has 0 atom stereocenters. The minimum absolute atomic E-state index is 0.214. The summed E-state index contributed by atoms with van der Waals surface area (Å²) >= 11 is 0. The van der Waals surface area contributed by atoms with Gasteiger partial charge in [0.25, 0.3) is 11.8 Å². The van der Waals surface area contributed by atoms with E-state index in [1.165, 1.54) is 18.4 Å². The molecule has 1 aromatic heterocycles. The number of fused-ring (bicyclic) bond motifs is 1. The third-order valence-electron chi connectivity index (χ3n) is 8.03. The van der Waals surface area contributed by atoms with Gasteiger partial charge in [-0.15, -0.1) is 0 Å². The van der Waals surface area contributed by atoms with Crippen molar-refractivity contribution in [1.29, 1.82) is 0 Å². The Bertz CT molecular complexity index is 1730. The van der Waals surface area contributed by atoms with Crippen LogP contribution in [0, 0.1) is 0 Å². The van der Waals surface area contributed by atoms with Crippen molar-refractivity contribution in [3.8, 4) is 0 Å². The summed E-state index contributed by atoms with van der Waals surface area (Å²) in [6.45, 7) is 5.24. The third kappa shape index (κ3) is 5.98. The van der Waals surface area contributed by atoms with Crippen molar-refractivity contribution in [2.45, 2.75) is 32.7 Å². The second-order valence-electron chi connectivity index (χ2n) is 10.9. The number of hydrogen-bond donors (Lipinski definition) is 3. The zero-order valence-electron chi connectivity index (χ0n) is 24.3. The number of ketones is 1. The Morgan fingerprint density at radius 3 is 2.51 bits per heavy atom. The second-order valence-corrected chi connectivity index (χ2v) is 10.9. The average Bonchev–Trinajstić information content (AvgIpc) is 3.74. The molecule has 4 aromatic rings. The first-order valence-electron chi connectivity index (χ1n) is 14.6. The lowest BCUT2D eigenvalue weighted by Gasteiger charge is -2.14. The molecule has 0 radical (unpaired) electrons. The topological polar surface area (TPSA) is 108 Å². The van der Waals surface area contributed by atoms with Crippen molar-refractivity contribution in [3.63, 3.8) is 0 Å². The van der Waals surface area contributed by atoms with E-state index in [0.717, 1.165) is 36.6 Å². The summed E-state index contributed by atoms with van der Waals surface area (Å²) in [5, 5.41) is 13.2. The van der Waals surface area contributed by atoms with Gasteiger partial charge < -0.3 is 16.0 Å². The fourth-order valence-corrected chi connectivity index (χ4v) is 5.71. The fraction of sp³-hybridized carbons (Fsp3) is 0.235. The molecule has 0 aliphatic carbocycles. The smallest absolute Gasteiger partial charge is 0.259 e. The highest BCUT2D eigenvalue weighted by Crippen LogP contribution is 2.33. The molecule has 0 bridgehead atoms. The largest absolute Gasteiger partial charge is 0.361 e. The van der Waals surface area contributed by atoms with E-state index in [4.69, 9.17) is 0 Å². The van der Waals surface area contributed by atoms with Crippen molar-refractivity contribution >= 4 is 40.2 Å². The molecule has 2 aliphatic heterocycles. The SMILES string of the molecule is CCc1c(C(=O)Nc2cccc(C(=O)c3ccc4c(c3)NC(=O)C4=CNc3ccc(CN4CCCC4)cc3)c2)cnn1C. The summed E-state index contributed by atoms with van der Waals surface area (Å²) in [7, 11) is 1.80. The summed E-state index contributed by atoms with van der Waals surface area (Å²) in [6, 6.07) is 20.3. The first kappa shape index (κ1) is 28.1. The number of nitrogens with zero attached hydrogens (tertiary/aromatic N) is 3. The molecule has 1 fully saturated rings. The number of likely N-dealkylation sites (tertiary alicyclic amines) is 1. The van der Waals surface area contributed by atoms with Gasteiger partial charge in [0.2, 0.25) is 0 Å². The molecule has 218 valence electrons. The predicted octanol–water partition coefficient (Wildman–Crippen LogP) is 5.47. The van der Waals surface area contributed by atoms with Crippen molar-refractivity contribution in [3.05, 3.63) is 113 Å². The highest BCUT2D eigenvalue weighted by atomic mass is 16.2. The summed E-state index contributed by atoms with van der Waals surface area (Å²) < 4.78 is 1.69. The molecule has 2 amide bonds. The van der Waals surface area contributed by atoms with Crippen LogP contribution in [0.1, 0.15) is 62.9 Å². The van der Waals surface area contributed by atoms with Crippen LogP contribution < -0.4 is 16.0 Å². The lowest BCUT2D eigenvalue weighted by atomic mass is 9.99. The number of hydrogen-bond acceptors (Lipinski definition) is 6. The molecule has 3 aromatic carbocycles. The highest BCUT2D eigenvalue weighted by Gasteiger charge is 2.25. The van der Waals surface area contributed by atoms with Gasteiger partial charge in [-0.3, -0.25) is 24.0 Å². The quantitative estimate of drug-likeness (QED) is 0.181. The van der Waals surface area contributed by atoms with Crippen LogP contribution in [0.25, 0.3) is 5.57 Å². The number of carbonyl (C=O) groups excluding carboxylic acids is 3. The van der Waals surface area contributed by atoms with Gasteiger partial charge in [-0.1, -0.05) is 43.3 Å². The maximum Gasteiger partial charge on any atom is 0.259 e. The summed E-state index contributed by atoms with van der Waals surface area (Å²) in [5.41, 5.74) is 6.68. The molecule has 0 unspecified atom stereocenters. The monoisotopic (exact) mass is 574 g/mol. The van der Waals surface area contributed by atoms with Gasteiger partial charge in [-0.05, 0) is 68.2 Å². The molecular formula is C34H34N6O3. The number of benzene rings is 3. The Kier molecular flexibility index (Phi) is 7.89. The van der Waals surface area contributed by atoms with E-state index in [0.29, 0.717) is 40.1 Å². The predicted molar refractivity (Wildman–Crippen MR) is 168 cm³/mol. The van der Waals surface area contributed by atoms with E-state index in [2.05, 4.69) is 38.1 Å². The Hall–Kier alpha value is -5.02. The van der Waals surface area contributed by atoms with Gasteiger partial charge in [0.1, 0.15) is 0 Å². The minimum atomic E-state index is -0.277. The van der Waals surface area contributed by atoms with Crippen LogP contribution in [0.15, 0.2) is 79.1 Å². The van der Waals surface area contributed by atoms with E-state index >= 15 is 0 Å². The molecule has 0 saturated carbocycles. The Morgan fingerprint density at radius 1 is 0.977 bits per heavy atom. The molecule has 1 saturated heterocycles. The molecule has 9 nitrogen and oxygen atoms in total. The Labute approximate surface area is 250 Å². The van der Waals surface area contributed by atoms with Crippen LogP contribution in [-0.4, -0.2) is 45.4 Å². The normalized spacial score (nSPS) is 15.4. The Balaban J connectivity index is 1.14. The first-order chi connectivity index (χ1) is 20.9. The van der Waals surface area contributed by atoms with Crippen LogP contribution in [0.2, 0.25) is 0 Å². The maximum absolute atomic E-state index is 13.4. The number of rotatable bonds is 9. The molecule has 2 aliphatic rings. The number of aromatic nitrogens is 2. The van der Waals surface area contributed by atoms with Crippen molar-refractivity contribution in [2.75, 3.05) is 29.0 Å². The lowest BCUT2D eigenvalue weighted by Crippen LogP contribution is -2.18. The standard InChI is InChI=1S/C34H34N6O3/c1-3-31-29(20-36-39(31)2)34(43)37-26-8-6-7-23(17-26)32(41)24-11-14-27-28(33(42)38-30(27)18-24)19-35-25-12-9-22(10-13-25)21-40-15-4-5-16-40/h6-14,17-20,35H,3-5,15-16,21H2,1-2H3,(H,37,43)(H,38,42). The summed E-state index contributed by atoms with van der Waals surface area (Å²) in [5.74, 6) is -0.724. The molecular weight excluding hydrogens is 540 g/mol. The minimum Gasteiger partial charge on any atom is -0.361 e. The number of aryl methyl sites for hydroxylation is 1. The second kappa shape index (κ2) is 12.1. The molecule has 6 rings (SSSR count). The van der Waals surface area contributed by atoms with Gasteiger partial charge in [0, 0.05) is 53.5 Å². The van der Waals surface area contributed by atoms with Crippen LogP contribution in [0.4, 0.5) is 17.1 Å². The first-order valence-corrected chi connectivity index (χ1v) is 14.6. The maximum atomic E-state index is 13.4. The molecule has 3 N–H and O–H groups in total. The van der Waals surface area contributed by atoms with Gasteiger partial charge in [0.05, 0.1) is 23.0 Å². The van der Waals surface area contributed by atoms with E-state index in [-0.39, 0.29) is 17.6 Å². The number of carbonyl (C=O) groups is 3. The molecule has 0 spiro atoms. The zero-order valence-corrected chi connectivity index (χ0v) is 24.3. The van der Waals surface area contributed by atoms with Gasteiger partial charge in [-0.25, -0.2) is 0 Å². The molecule has 9 heteroatoms. The number of anilines is 3. The van der Waals surface area contributed by atoms with E-state index in [1.807, 2.05) is 19.1 Å². The van der Waals surface area contributed by atoms with Gasteiger partial charge in [0.15, 0.2) is 5.78 Å². The lowest BCUT2D eigenvalue weighted by molar-refractivity contribution is -0.110. The van der Waals surface area contributed by atoms with Crippen LogP contribution in [0.5, 0.6) is 0 Å². The van der Waals surface area contributed by atoms with Crippen molar-refractivity contribution < 1.29 is 14.4 Å². The van der Waals surface area contributed by atoms with Crippen LogP contribution in [0.3, 0.4) is 0 Å². The summed E-state index contributed by atoms with van der Waals surface area (Å²) in [6.07, 6.45) is 6.47. The average molecular weight is 575 g/mol. The van der Waals surface area contributed by atoms with Crippen molar-refractivity contribution in [2.24, 2.45) is 7.05 Å². The molecule has 43 heavy (non-hydrogen) atoms. The number of amides is 2. The van der Waals surface area contributed by atoms with E-state index in [1.54, 1.807) is 66.6 Å². The summed E-state index contributed by atoms with van der Waals surface area (Å²) in [4.78, 5) is 41.5. The van der Waals surface area contributed by atoms with Crippen LogP contribution in [-0.2, 0) is 24.8 Å². The van der Waals surface area contributed by atoms with Gasteiger partial charge in [-0.2, -0.15) is 5.10 Å². The third-order valence-corrected chi connectivity index (χ3v) is 8.03. The van der Waals surface area contributed by atoms with Crippen molar-refractivity contribution in [1.82, 2.24) is 14.7 Å².